The molecule has 0 saturated heterocycles. The predicted octanol–water partition coefficient (Wildman–Crippen LogP) is 0.613. The van der Waals surface area contributed by atoms with Gasteiger partial charge in [-0.25, -0.2) is 4.79 Å². The van der Waals surface area contributed by atoms with Gasteiger partial charge in [-0.05, 0) is 41.8 Å². The number of halogens is 1. The van der Waals surface area contributed by atoms with Crippen molar-refractivity contribution >= 4 is 24.3 Å². The van der Waals surface area contributed by atoms with E-state index in [0.717, 1.165) is 0 Å². The van der Waals surface area contributed by atoms with Crippen molar-refractivity contribution in [1.82, 2.24) is 5.32 Å². The summed E-state index contributed by atoms with van der Waals surface area (Å²) in [6, 6.07) is 5.48. The molecule has 2 aromatic rings. The monoisotopic (exact) mass is 412 g/mol. The summed E-state index contributed by atoms with van der Waals surface area (Å²) in [4.78, 5) is 23.7. The molecule has 0 heterocycles. The summed E-state index contributed by atoms with van der Waals surface area (Å²) in [6.07, 6.45) is -0.104. The number of amides is 1. The van der Waals surface area contributed by atoms with Crippen LogP contribution in [-0.4, -0.2) is 49.5 Å². The highest BCUT2D eigenvalue weighted by Gasteiger charge is 2.24. The Morgan fingerprint density at radius 3 is 1.75 bits per heavy atom. The van der Waals surface area contributed by atoms with Gasteiger partial charge in [-0.1, -0.05) is 12.1 Å². The zero-order valence-electron chi connectivity index (χ0n) is 14.6. The van der Waals surface area contributed by atoms with Crippen molar-refractivity contribution in [2.75, 3.05) is 0 Å². The van der Waals surface area contributed by atoms with Gasteiger partial charge in [0, 0.05) is 6.42 Å². The molecule has 10 heteroatoms. The second-order valence-corrected chi connectivity index (χ2v) is 6.06. The summed E-state index contributed by atoms with van der Waals surface area (Å²) < 4.78 is 0. The number of nitrogens with one attached hydrogen (secondary N) is 1. The number of hydrogen-bond acceptors (Lipinski definition) is 7. The first-order valence-electron chi connectivity index (χ1n) is 7.98. The Morgan fingerprint density at radius 2 is 1.32 bits per heavy atom. The Labute approximate surface area is 166 Å². The summed E-state index contributed by atoms with van der Waals surface area (Å²) in [5, 5.41) is 49.2. The normalized spacial score (nSPS) is 12.5. The van der Waals surface area contributed by atoms with E-state index < -0.39 is 29.7 Å². The van der Waals surface area contributed by atoms with Gasteiger partial charge in [0.2, 0.25) is 5.91 Å². The minimum atomic E-state index is -1.29. The van der Waals surface area contributed by atoms with Gasteiger partial charge in [-0.3, -0.25) is 4.79 Å². The van der Waals surface area contributed by atoms with Crippen LogP contribution in [0, 0.1) is 0 Å². The second-order valence-electron chi connectivity index (χ2n) is 6.06. The van der Waals surface area contributed by atoms with Crippen LogP contribution in [0.4, 0.5) is 0 Å². The number of benzene rings is 2. The van der Waals surface area contributed by atoms with Crippen molar-refractivity contribution in [3.63, 3.8) is 0 Å². The lowest BCUT2D eigenvalue weighted by Crippen LogP contribution is -2.50. The van der Waals surface area contributed by atoms with Crippen LogP contribution < -0.4 is 11.1 Å². The summed E-state index contributed by atoms with van der Waals surface area (Å²) in [6.45, 7) is 0. The zero-order chi connectivity index (χ0) is 20.1. The number of hydrogen-bond donors (Lipinski definition) is 7. The van der Waals surface area contributed by atoms with Crippen LogP contribution in [0.25, 0.3) is 0 Å². The number of carboxylic acid groups (broad SMARTS) is 1. The number of rotatable bonds is 7. The molecule has 0 unspecified atom stereocenters. The molecule has 0 fully saturated rings. The zero-order valence-corrected chi connectivity index (χ0v) is 15.4. The molecule has 8 N–H and O–H groups in total. The van der Waals surface area contributed by atoms with Gasteiger partial charge >= 0.3 is 5.97 Å². The van der Waals surface area contributed by atoms with Crippen molar-refractivity contribution in [2.45, 2.75) is 24.9 Å². The maximum Gasteiger partial charge on any atom is 0.326 e. The highest BCUT2D eigenvalue weighted by molar-refractivity contribution is 5.87. The van der Waals surface area contributed by atoms with Crippen molar-refractivity contribution < 1.29 is 35.1 Å². The van der Waals surface area contributed by atoms with E-state index in [1.54, 1.807) is 0 Å². The molecule has 152 valence electrons. The van der Waals surface area contributed by atoms with E-state index in [1.165, 1.54) is 36.4 Å². The number of aliphatic carboxylic acids is 1. The fourth-order valence-corrected chi connectivity index (χ4v) is 2.45. The predicted molar refractivity (Wildman–Crippen MR) is 102 cm³/mol. The van der Waals surface area contributed by atoms with E-state index in [-0.39, 0.29) is 42.5 Å². The van der Waals surface area contributed by atoms with E-state index in [4.69, 9.17) is 5.73 Å². The number of aromatic hydroxyl groups is 4. The minimum Gasteiger partial charge on any atom is -0.504 e. The SMILES string of the molecule is Cl.N[C@@H](Cc1ccc(O)c(O)c1)C(=O)N[C@@H](Cc1ccc(O)c(O)c1)C(=O)O. The molecule has 2 aromatic carbocycles. The van der Waals surface area contributed by atoms with Crippen molar-refractivity contribution in [2.24, 2.45) is 5.73 Å². The van der Waals surface area contributed by atoms with E-state index in [9.17, 15) is 35.1 Å². The molecule has 0 aliphatic rings. The Kier molecular flexibility index (Phi) is 7.90. The van der Waals surface area contributed by atoms with E-state index in [1.807, 2.05) is 0 Å². The molecular weight excluding hydrogens is 392 g/mol. The second kappa shape index (κ2) is 9.67. The maximum absolute atomic E-state index is 12.2. The van der Waals surface area contributed by atoms with Crippen LogP contribution in [0.15, 0.2) is 36.4 Å². The molecular formula is C18H21ClN2O7. The topological polar surface area (TPSA) is 173 Å². The van der Waals surface area contributed by atoms with Gasteiger partial charge in [0.1, 0.15) is 6.04 Å². The highest BCUT2D eigenvalue weighted by atomic mass is 35.5. The van der Waals surface area contributed by atoms with E-state index in [0.29, 0.717) is 11.1 Å². The van der Waals surface area contributed by atoms with Crippen molar-refractivity contribution in [3.05, 3.63) is 47.5 Å². The number of nitrogens with two attached hydrogens (primary N) is 1. The fraction of sp³-hybridized carbons (Fsp3) is 0.222. The third-order valence-corrected chi connectivity index (χ3v) is 3.93. The largest absolute Gasteiger partial charge is 0.504 e. The van der Waals surface area contributed by atoms with Crippen molar-refractivity contribution in [1.29, 1.82) is 0 Å². The first-order chi connectivity index (χ1) is 12.7. The van der Waals surface area contributed by atoms with E-state index in [2.05, 4.69) is 5.32 Å². The summed E-state index contributed by atoms with van der Waals surface area (Å²) >= 11 is 0. The van der Waals surface area contributed by atoms with Gasteiger partial charge in [0.25, 0.3) is 0 Å². The molecule has 0 aliphatic heterocycles. The highest BCUT2D eigenvalue weighted by Crippen LogP contribution is 2.26. The van der Waals surface area contributed by atoms with Crippen molar-refractivity contribution in [3.8, 4) is 23.0 Å². The molecule has 9 nitrogen and oxygen atoms in total. The first kappa shape index (κ1) is 22.9. The van der Waals surface area contributed by atoms with Gasteiger partial charge < -0.3 is 36.6 Å². The number of carbonyl (C=O) groups excluding carboxylic acids is 1. The van der Waals surface area contributed by atoms with Gasteiger partial charge in [0.05, 0.1) is 6.04 Å². The average molecular weight is 413 g/mol. The molecule has 0 radical (unpaired) electrons. The molecule has 0 saturated carbocycles. The molecule has 1 amide bonds. The summed E-state index contributed by atoms with van der Waals surface area (Å²) in [5.41, 5.74) is 6.69. The lowest BCUT2D eigenvalue weighted by Gasteiger charge is -2.18. The molecule has 2 rings (SSSR count). The molecule has 0 bridgehead atoms. The Balaban J connectivity index is 0.00000392. The van der Waals surface area contributed by atoms with Crippen LogP contribution >= 0.6 is 12.4 Å². The van der Waals surface area contributed by atoms with Gasteiger partial charge in [0.15, 0.2) is 23.0 Å². The summed E-state index contributed by atoms with van der Waals surface area (Å²) in [5.74, 6) is -3.39. The average Bonchev–Trinajstić information content (AvgIpc) is 2.60. The van der Waals surface area contributed by atoms with E-state index >= 15 is 0 Å². The Hall–Kier alpha value is -3.17. The van der Waals surface area contributed by atoms with Gasteiger partial charge in [-0.15, -0.1) is 12.4 Å². The minimum absolute atomic E-state index is 0. The molecule has 2 atom stereocenters. The Bertz CT molecular complexity index is 860. The van der Waals surface area contributed by atoms with Gasteiger partial charge in [-0.2, -0.15) is 0 Å². The van der Waals surface area contributed by atoms with Crippen LogP contribution in [0.5, 0.6) is 23.0 Å². The number of carboxylic acids is 1. The molecule has 0 aliphatic carbocycles. The standard InChI is InChI=1S/C18H20N2O7.ClH/c19-11(5-9-1-3-13(21)15(23)7-9)17(25)20-12(18(26)27)6-10-2-4-14(22)16(24)8-10;/h1-4,7-8,11-12,21-24H,5-6,19H2,(H,20,25)(H,26,27);1H/t11-,12-;/m0./s1. The molecule has 0 aromatic heterocycles. The maximum atomic E-state index is 12.2. The smallest absolute Gasteiger partial charge is 0.326 e. The molecule has 0 spiro atoms. The third-order valence-electron chi connectivity index (χ3n) is 3.93. The quantitative estimate of drug-likeness (QED) is 0.324. The number of carbonyl (C=O) groups is 2. The van der Waals surface area contributed by atoms with Crippen LogP contribution in [0.1, 0.15) is 11.1 Å². The lowest BCUT2D eigenvalue weighted by atomic mass is 10.0. The third kappa shape index (κ3) is 5.93. The lowest BCUT2D eigenvalue weighted by molar-refractivity contribution is -0.141. The van der Waals surface area contributed by atoms with Crippen LogP contribution in [0.3, 0.4) is 0 Å². The summed E-state index contributed by atoms with van der Waals surface area (Å²) in [7, 11) is 0. The van der Waals surface area contributed by atoms with Crippen LogP contribution in [-0.2, 0) is 22.4 Å². The molecule has 28 heavy (non-hydrogen) atoms. The number of phenolic OH excluding ortho intramolecular Hbond substituents is 4. The number of phenols is 4. The fourth-order valence-electron chi connectivity index (χ4n) is 2.45. The Morgan fingerprint density at radius 1 is 0.857 bits per heavy atom. The first-order valence-corrected chi connectivity index (χ1v) is 7.98. The van der Waals surface area contributed by atoms with Crippen LogP contribution in [0.2, 0.25) is 0 Å².